The first-order valence-corrected chi connectivity index (χ1v) is 12.6. The Kier molecular flexibility index (Phi) is 9.52. The van der Waals surface area contributed by atoms with Crippen LogP contribution in [0.15, 0.2) is 17.1 Å². The van der Waals surface area contributed by atoms with Crippen molar-refractivity contribution in [2.75, 3.05) is 25.3 Å². The molecule has 2 unspecified atom stereocenters. The van der Waals surface area contributed by atoms with Crippen LogP contribution in [0, 0.1) is 0 Å². The summed E-state index contributed by atoms with van der Waals surface area (Å²) in [6, 6.07) is 1.03. The minimum absolute atomic E-state index is 0.244. The predicted molar refractivity (Wildman–Crippen MR) is 99.3 cm³/mol. The molecule has 0 aliphatic heterocycles. The zero-order chi connectivity index (χ0) is 24.3. The van der Waals surface area contributed by atoms with Gasteiger partial charge in [0.05, 0.1) is 12.5 Å². The van der Waals surface area contributed by atoms with Crippen LogP contribution in [0.25, 0.3) is 0 Å². The number of aliphatic hydroxyl groups is 1. The van der Waals surface area contributed by atoms with Crippen LogP contribution in [0.5, 0.6) is 0 Å². The molecule has 1 aromatic rings. The molecule has 0 aliphatic rings. The smallest absolute Gasteiger partial charge is 0.385 e. The van der Waals surface area contributed by atoms with E-state index in [1.165, 1.54) is 0 Å². The van der Waals surface area contributed by atoms with Gasteiger partial charge in [-0.1, -0.05) is 0 Å². The summed E-state index contributed by atoms with van der Waals surface area (Å²) < 4.78 is 65.1. The number of nitrogens with two attached hydrogens (primary N) is 1. The van der Waals surface area contributed by atoms with Gasteiger partial charge in [-0.05, 0) is 6.07 Å². The van der Waals surface area contributed by atoms with Crippen molar-refractivity contribution in [1.29, 1.82) is 0 Å². The third kappa shape index (κ3) is 8.26. The van der Waals surface area contributed by atoms with Gasteiger partial charge in [0.15, 0.2) is 0 Å². The van der Waals surface area contributed by atoms with E-state index >= 15 is 0 Å². The number of anilines is 1. The molecule has 0 bridgehead atoms. The lowest BCUT2D eigenvalue weighted by Gasteiger charge is -2.36. The Morgan fingerprint density at radius 2 is 1.84 bits per heavy atom. The standard InChI is InChI=1S/C10H18ClFN3O13P3/c1-25-10(4-11,7(16)8(12)15-3-2-6(13)14-9(15)17)5-26-30(21,22)28-31(23,24)27-29(18,19)20/h2-3,7-8,16H,4-5H2,1H3,(H,21,22)(H,23,24)(H2,13,14,17)(H2,18,19,20)/t7-,8-,10+/m0/s1. The minimum Gasteiger partial charge on any atom is -0.385 e. The zero-order valence-corrected chi connectivity index (χ0v) is 18.7. The number of methoxy groups -OCH3 is 1. The summed E-state index contributed by atoms with van der Waals surface area (Å²) in [7, 11) is -16.2. The van der Waals surface area contributed by atoms with Crippen molar-refractivity contribution in [3.05, 3.63) is 22.7 Å². The van der Waals surface area contributed by atoms with Crippen LogP contribution < -0.4 is 11.4 Å². The quantitative estimate of drug-likeness (QED) is 0.147. The summed E-state index contributed by atoms with van der Waals surface area (Å²) in [5.74, 6) is -1.07. The number of ether oxygens (including phenoxy) is 1. The summed E-state index contributed by atoms with van der Waals surface area (Å²) >= 11 is 5.67. The summed E-state index contributed by atoms with van der Waals surface area (Å²) in [6.45, 7) is -1.28. The third-order valence-electron chi connectivity index (χ3n) is 3.44. The highest BCUT2D eigenvalue weighted by atomic mass is 35.5. The monoisotopic (exact) mass is 535 g/mol. The number of aromatic nitrogens is 2. The van der Waals surface area contributed by atoms with E-state index in [1.54, 1.807) is 0 Å². The number of nitrogen functional groups attached to an aromatic ring is 1. The molecule has 0 fully saturated rings. The maximum atomic E-state index is 14.8. The van der Waals surface area contributed by atoms with Crippen LogP contribution in [0.4, 0.5) is 10.2 Å². The van der Waals surface area contributed by atoms with Gasteiger partial charge in [-0.2, -0.15) is 13.6 Å². The first kappa shape index (κ1) is 28.3. The number of nitrogens with zero attached hydrogens (tertiary/aromatic N) is 2. The van der Waals surface area contributed by atoms with E-state index in [0.717, 1.165) is 19.4 Å². The molecule has 1 rings (SSSR count). The van der Waals surface area contributed by atoms with Crippen molar-refractivity contribution in [1.82, 2.24) is 9.55 Å². The fraction of sp³-hybridized carbons (Fsp3) is 0.600. The Labute approximate surface area is 177 Å². The summed E-state index contributed by atoms with van der Waals surface area (Å²) in [5.41, 5.74) is 1.71. The second-order valence-electron chi connectivity index (χ2n) is 5.63. The summed E-state index contributed by atoms with van der Waals surface area (Å²) in [4.78, 5) is 50.6. The van der Waals surface area contributed by atoms with Crippen molar-refractivity contribution in [2.24, 2.45) is 0 Å². The highest BCUT2D eigenvalue weighted by molar-refractivity contribution is 7.66. The predicted octanol–water partition coefficient (Wildman–Crippen LogP) is -0.378. The summed E-state index contributed by atoms with van der Waals surface area (Å²) in [6.07, 6.45) is -4.11. The topological polar surface area (TPSA) is 250 Å². The van der Waals surface area contributed by atoms with Gasteiger partial charge in [-0.3, -0.25) is 9.09 Å². The van der Waals surface area contributed by atoms with Crippen LogP contribution in [0.2, 0.25) is 0 Å². The Balaban J connectivity index is 3.06. The molecule has 0 spiro atoms. The number of alkyl halides is 2. The molecule has 21 heteroatoms. The number of phosphoric ester groups is 1. The molecule has 31 heavy (non-hydrogen) atoms. The van der Waals surface area contributed by atoms with E-state index in [1.807, 2.05) is 0 Å². The average molecular weight is 536 g/mol. The number of hydrogen-bond donors (Lipinski definition) is 6. The molecule has 5 atom stereocenters. The van der Waals surface area contributed by atoms with Crippen molar-refractivity contribution in [3.8, 4) is 0 Å². The lowest BCUT2D eigenvalue weighted by molar-refractivity contribution is -0.149. The van der Waals surface area contributed by atoms with Gasteiger partial charge in [0.2, 0.25) is 6.30 Å². The minimum atomic E-state index is -5.81. The lowest BCUT2D eigenvalue weighted by atomic mass is 9.98. The molecule has 0 amide bonds. The van der Waals surface area contributed by atoms with Crippen molar-refractivity contribution < 1.29 is 60.6 Å². The van der Waals surface area contributed by atoms with Gasteiger partial charge < -0.3 is 35.2 Å². The maximum absolute atomic E-state index is 14.8. The van der Waals surface area contributed by atoms with Gasteiger partial charge in [0.1, 0.15) is 17.5 Å². The number of aliphatic hydroxyl groups excluding tert-OH is 1. The van der Waals surface area contributed by atoms with Crippen molar-refractivity contribution in [3.63, 3.8) is 0 Å². The van der Waals surface area contributed by atoms with E-state index in [0.29, 0.717) is 4.57 Å². The SMILES string of the molecule is CO[C@](CCl)(COP(=O)(O)OP(=O)(O)OP(=O)(O)O)[C@@H](O)[C@@H](F)n1ccc(N)nc1=O. The molecule has 0 saturated carbocycles. The molecule has 7 N–H and O–H groups in total. The Hall–Kier alpha value is -0.770. The highest BCUT2D eigenvalue weighted by Gasteiger charge is 2.47. The Morgan fingerprint density at radius 3 is 2.29 bits per heavy atom. The number of halogens is 2. The van der Waals surface area contributed by atoms with E-state index in [2.05, 4.69) is 18.1 Å². The molecule has 16 nitrogen and oxygen atoms in total. The molecular formula is C10H18ClFN3O13P3. The van der Waals surface area contributed by atoms with Crippen LogP contribution in [-0.2, 0) is 31.6 Å². The molecule has 0 aliphatic carbocycles. The molecule has 1 aromatic heterocycles. The van der Waals surface area contributed by atoms with E-state index in [-0.39, 0.29) is 5.82 Å². The van der Waals surface area contributed by atoms with Crippen LogP contribution in [-0.4, -0.2) is 65.5 Å². The second-order valence-corrected chi connectivity index (χ2v) is 10.3. The third-order valence-corrected chi connectivity index (χ3v) is 7.67. The van der Waals surface area contributed by atoms with E-state index in [4.69, 9.17) is 36.8 Å². The first-order valence-electron chi connectivity index (χ1n) is 7.54. The van der Waals surface area contributed by atoms with Gasteiger partial charge in [0, 0.05) is 13.3 Å². The first-order chi connectivity index (χ1) is 14.0. The van der Waals surface area contributed by atoms with Crippen LogP contribution >= 0.6 is 35.1 Å². The molecule has 0 aromatic carbocycles. The molecule has 180 valence electrons. The normalized spacial score (nSPS) is 20.3. The second kappa shape index (κ2) is 10.4. The lowest BCUT2D eigenvalue weighted by Crippen LogP contribution is -2.53. The maximum Gasteiger partial charge on any atom is 0.490 e. The van der Waals surface area contributed by atoms with Crippen molar-refractivity contribution >= 4 is 40.9 Å². The van der Waals surface area contributed by atoms with Crippen LogP contribution in [0.1, 0.15) is 6.30 Å². The summed E-state index contributed by atoms with van der Waals surface area (Å²) in [5, 5.41) is 10.3. The van der Waals surface area contributed by atoms with Crippen molar-refractivity contribution in [2.45, 2.75) is 18.0 Å². The van der Waals surface area contributed by atoms with Gasteiger partial charge in [0.25, 0.3) is 0 Å². The molecule has 0 radical (unpaired) electrons. The van der Waals surface area contributed by atoms with E-state index < -0.39 is 59.6 Å². The Bertz CT molecular complexity index is 968. The number of hydrogen-bond acceptors (Lipinski definition) is 11. The largest absolute Gasteiger partial charge is 0.490 e. The Morgan fingerprint density at radius 1 is 1.26 bits per heavy atom. The fourth-order valence-electron chi connectivity index (χ4n) is 1.95. The zero-order valence-electron chi connectivity index (χ0n) is 15.3. The molecular weight excluding hydrogens is 517 g/mol. The number of phosphoric acid groups is 3. The average Bonchev–Trinajstić information content (AvgIpc) is 2.59. The van der Waals surface area contributed by atoms with Crippen LogP contribution in [0.3, 0.4) is 0 Å². The molecule has 0 saturated heterocycles. The van der Waals surface area contributed by atoms with Gasteiger partial charge in [-0.25, -0.2) is 22.9 Å². The number of rotatable bonds is 12. The van der Waals surface area contributed by atoms with Gasteiger partial charge >= 0.3 is 29.2 Å². The highest BCUT2D eigenvalue weighted by Crippen LogP contribution is 2.66. The molecule has 1 heterocycles. The van der Waals surface area contributed by atoms with Gasteiger partial charge in [-0.15, -0.1) is 11.6 Å². The van der Waals surface area contributed by atoms with E-state index in [9.17, 15) is 32.9 Å². The fourth-order valence-corrected chi connectivity index (χ4v) is 5.37.